The molecule has 132 valence electrons. The lowest BCUT2D eigenvalue weighted by molar-refractivity contribution is -0.124. The lowest BCUT2D eigenvalue weighted by atomic mass is 10.2. The zero-order valence-corrected chi connectivity index (χ0v) is 15.2. The van der Waals surface area contributed by atoms with E-state index in [0.29, 0.717) is 29.5 Å². The van der Waals surface area contributed by atoms with Crippen LogP contribution in [0.15, 0.2) is 53.4 Å². The summed E-state index contributed by atoms with van der Waals surface area (Å²) in [6.45, 7) is 0.281. The number of carbonyl (C=O) groups excluding carboxylic acids is 2. The maximum absolute atomic E-state index is 11.8. The van der Waals surface area contributed by atoms with E-state index in [1.165, 1.54) is 0 Å². The van der Waals surface area contributed by atoms with E-state index in [1.54, 1.807) is 48.2 Å². The van der Waals surface area contributed by atoms with Gasteiger partial charge in [0.2, 0.25) is 0 Å². The number of amides is 1. The summed E-state index contributed by atoms with van der Waals surface area (Å²) in [5.74, 6) is -0.243. The van der Waals surface area contributed by atoms with Crippen LogP contribution in [0.5, 0.6) is 5.75 Å². The Morgan fingerprint density at radius 1 is 1.08 bits per heavy atom. The maximum Gasteiger partial charge on any atom is 0.338 e. The Morgan fingerprint density at radius 2 is 1.76 bits per heavy atom. The number of ether oxygens (including phenoxy) is 2. The third kappa shape index (κ3) is 6.68. The summed E-state index contributed by atoms with van der Waals surface area (Å²) < 4.78 is 10.4. The molecule has 0 aliphatic carbocycles. The fraction of sp³-hybridized carbons (Fsp3) is 0.222. The number of carbonyl (C=O) groups is 2. The molecule has 1 N–H and O–H groups in total. The molecule has 2 aromatic carbocycles. The average molecular weight is 380 g/mol. The van der Waals surface area contributed by atoms with Crippen molar-refractivity contribution in [2.75, 3.05) is 26.0 Å². The van der Waals surface area contributed by atoms with Gasteiger partial charge in [-0.1, -0.05) is 11.6 Å². The zero-order valence-electron chi connectivity index (χ0n) is 13.7. The second-order valence-electron chi connectivity index (χ2n) is 4.96. The van der Waals surface area contributed by atoms with E-state index in [-0.39, 0.29) is 12.5 Å². The van der Waals surface area contributed by atoms with Crippen molar-refractivity contribution >= 4 is 35.2 Å². The number of halogens is 1. The second-order valence-corrected chi connectivity index (χ2v) is 6.27. The first kappa shape index (κ1) is 19.1. The van der Waals surface area contributed by atoms with E-state index < -0.39 is 5.97 Å². The van der Waals surface area contributed by atoms with Gasteiger partial charge in [0.25, 0.3) is 5.91 Å². The lowest BCUT2D eigenvalue weighted by Crippen LogP contribution is -2.32. The molecule has 0 aliphatic rings. The summed E-state index contributed by atoms with van der Waals surface area (Å²) in [7, 11) is 0. The normalized spacial score (nSPS) is 10.2. The van der Waals surface area contributed by atoms with Crippen molar-refractivity contribution in [2.24, 2.45) is 0 Å². The van der Waals surface area contributed by atoms with Crippen LogP contribution in [0, 0.1) is 0 Å². The van der Waals surface area contributed by atoms with E-state index in [1.807, 2.05) is 18.4 Å². The average Bonchev–Trinajstić information content (AvgIpc) is 2.64. The van der Waals surface area contributed by atoms with Gasteiger partial charge in [-0.2, -0.15) is 0 Å². The highest BCUT2D eigenvalue weighted by atomic mass is 35.5. The first-order valence-corrected chi connectivity index (χ1v) is 9.15. The number of thioether (sulfide) groups is 1. The highest BCUT2D eigenvalue weighted by Crippen LogP contribution is 2.16. The number of esters is 1. The third-order valence-corrected chi connectivity index (χ3v) is 4.16. The Labute approximate surface area is 155 Å². The number of rotatable bonds is 8. The summed E-state index contributed by atoms with van der Waals surface area (Å²) in [6.07, 6.45) is 1.95. The summed E-state index contributed by atoms with van der Waals surface area (Å²) in [5.41, 5.74) is 0.414. The molecule has 25 heavy (non-hydrogen) atoms. The van der Waals surface area contributed by atoms with Gasteiger partial charge in [0.05, 0.1) is 12.1 Å². The van der Waals surface area contributed by atoms with Gasteiger partial charge in [0, 0.05) is 9.92 Å². The zero-order chi connectivity index (χ0) is 18.1. The van der Waals surface area contributed by atoms with Gasteiger partial charge in [-0.05, 0) is 54.8 Å². The van der Waals surface area contributed by atoms with Crippen molar-refractivity contribution < 1.29 is 19.1 Å². The van der Waals surface area contributed by atoms with Crippen LogP contribution in [-0.4, -0.2) is 37.9 Å². The molecule has 0 bridgehead atoms. The van der Waals surface area contributed by atoms with Crippen molar-refractivity contribution in [3.8, 4) is 5.75 Å². The molecule has 0 saturated carbocycles. The first-order valence-electron chi connectivity index (χ1n) is 7.55. The van der Waals surface area contributed by atoms with Gasteiger partial charge >= 0.3 is 5.97 Å². The van der Waals surface area contributed by atoms with E-state index in [2.05, 4.69) is 5.32 Å². The predicted molar refractivity (Wildman–Crippen MR) is 98.5 cm³/mol. The molecule has 0 fully saturated rings. The number of nitrogens with one attached hydrogen (secondary N) is 1. The minimum Gasteiger partial charge on any atom is -0.492 e. The minimum absolute atomic E-state index is 0.303. The number of benzene rings is 2. The van der Waals surface area contributed by atoms with Crippen molar-refractivity contribution in [3.63, 3.8) is 0 Å². The molecule has 5 nitrogen and oxygen atoms in total. The van der Waals surface area contributed by atoms with Gasteiger partial charge in [-0.15, -0.1) is 11.8 Å². The Balaban J connectivity index is 1.64. The Hall–Kier alpha value is -2.18. The molecular weight excluding hydrogens is 362 g/mol. The molecule has 7 heteroatoms. The number of hydrogen-bond acceptors (Lipinski definition) is 5. The van der Waals surface area contributed by atoms with Crippen LogP contribution < -0.4 is 10.1 Å². The summed E-state index contributed by atoms with van der Waals surface area (Å²) in [6, 6.07) is 13.9. The minimum atomic E-state index is -0.528. The highest BCUT2D eigenvalue weighted by molar-refractivity contribution is 7.98. The Morgan fingerprint density at radius 3 is 2.40 bits per heavy atom. The fourth-order valence-corrected chi connectivity index (χ4v) is 2.42. The molecule has 2 rings (SSSR count). The molecule has 0 aliphatic heterocycles. The molecule has 2 aromatic rings. The van der Waals surface area contributed by atoms with Crippen LogP contribution in [0.1, 0.15) is 10.4 Å². The topological polar surface area (TPSA) is 64.6 Å². The van der Waals surface area contributed by atoms with Gasteiger partial charge in [-0.25, -0.2) is 4.79 Å². The smallest absolute Gasteiger partial charge is 0.338 e. The highest BCUT2D eigenvalue weighted by Gasteiger charge is 2.09. The predicted octanol–water partition coefficient (Wildman–Crippen LogP) is 3.41. The van der Waals surface area contributed by atoms with Crippen LogP contribution in [0.3, 0.4) is 0 Å². The van der Waals surface area contributed by atoms with Gasteiger partial charge < -0.3 is 14.8 Å². The van der Waals surface area contributed by atoms with E-state index in [9.17, 15) is 9.59 Å². The summed E-state index contributed by atoms with van der Waals surface area (Å²) in [5, 5.41) is 3.25. The van der Waals surface area contributed by atoms with Crippen molar-refractivity contribution in [1.29, 1.82) is 0 Å². The Bertz CT molecular complexity index is 704. The molecule has 0 radical (unpaired) electrons. The number of hydrogen-bond donors (Lipinski definition) is 1. The summed E-state index contributed by atoms with van der Waals surface area (Å²) >= 11 is 7.36. The molecular formula is C18H18ClNO4S. The molecule has 0 spiro atoms. The van der Waals surface area contributed by atoms with Crippen molar-refractivity contribution in [1.82, 2.24) is 5.32 Å². The van der Waals surface area contributed by atoms with E-state index in [4.69, 9.17) is 21.1 Å². The van der Waals surface area contributed by atoms with Gasteiger partial charge in [0.1, 0.15) is 12.4 Å². The van der Waals surface area contributed by atoms with Gasteiger partial charge in [0.15, 0.2) is 6.61 Å². The van der Waals surface area contributed by atoms with E-state index in [0.717, 1.165) is 4.90 Å². The third-order valence-electron chi connectivity index (χ3n) is 3.17. The van der Waals surface area contributed by atoms with Crippen LogP contribution in [0.4, 0.5) is 0 Å². The molecule has 1 amide bonds. The molecule has 0 aromatic heterocycles. The van der Waals surface area contributed by atoms with Crippen LogP contribution in [-0.2, 0) is 9.53 Å². The molecule has 0 atom stereocenters. The lowest BCUT2D eigenvalue weighted by Gasteiger charge is -2.08. The van der Waals surface area contributed by atoms with Crippen LogP contribution in [0.25, 0.3) is 0 Å². The van der Waals surface area contributed by atoms with Crippen molar-refractivity contribution in [2.45, 2.75) is 4.90 Å². The van der Waals surface area contributed by atoms with Gasteiger partial charge in [-0.3, -0.25) is 4.79 Å². The largest absolute Gasteiger partial charge is 0.492 e. The monoisotopic (exact) mass is 379 g/mol. The summed E-state index contributed by atoms with van der Waals surface area (Å²) in [4.78, 5) is 24.6. The Kier molecular flexibility index (Phi) is 7.63. The first-order chi connectivity index (χ1) is 12.1. The van der Waals surface area contributed by atoms with E-state index >= 15 is 0 Å². The van der Waals surface area contributed by atoms with Crippen LogP contribution >= 0.6 is 23.4 Å². The SMILES string of the molecule is CSc1ccc(C(=O)OCC(=O)NCCOc2ccc(Cl)cc2)cc1. The maximum atomic E-state index is 11.8. The van der Waals surface area contributed by atoms with Crippen LogP contribution in [0.2, 0.25) is 5.02 Å². The molecule has 0 unspecified atom stereocenters. The quantitative estimate of drug-likeness (QED) is 0.432. The second kappa shape index (κ2) is 9.96. The van der Waals surface area contributed by atoms with Crippen molar-refractivity contribution in [3.05, 3.63) is 59.1 Å². The molecule has 0 heterocycles. The standard InChI is InChI=1S/C18H18ClNO4S/c1-25-16-8-2-13(3-9-16)18(22)24-12-17(21)20-10-11-23-15-6-4-14(19)5-7-15/h2-9H,10-12H2,1H3,(H,20,21). The molecule has 0 saturated heterocycles. The fourth-order valence-electron chi connectivity index (χ4n) is 1.88.